The van der Waals surface area contributed by atoms with Gasteiger partial charge in [0.05, 0.1) is 17.3 Å². The third-order valence-corrected chi connectivity index (χ3v) is 5.74. The Kier molecular flexibility index (Phi) is 7.23. The molecule has 0 bridgehead atoms. The molecule has 0 saturated heterocycles. The van der Waals surface area contributed by atoms with Crippen LogP contribution in [0.25, 0.3) is 0 Å². The molecule has 0 aliphatic carbocycles. The molecule has 0 fully saturated rings. The van der Waals surface area contributed by atoms with Gasteiger partial charge in [-0.05, 0) is 76.8 Å². The standard InChI is InChI=1S/C23H20BrCl2NO2/c1-14-5-4-6-21(15(14)2)27-12-16-9-19(24)23(22(10-16)28-3)29-13-17-7-8-18(25)11-20(17)26/h4-12H,13H2,1-3H3. The summed E-state index contributed by atoms with van der Waals surface area (Å²) in [6, 6.07) is 15.2. The molecule has 6 heteroatoms. The number of rotatable bonds is 6. The van der Waals surface area contributed by atoms with Gasteiger partial charge in [0.15, 0.2) is 11.5 Å². The lowest BCUT2D eigenvalue weighted by Gasteiger charge is -2.14. The highest BCUT2D eigenvalue weighted by Gasteiger charge is 2.13. The topological polar surface area (TPSA) is 30.8 Å². The summed E-state index contributed by atoms with van der Waals surface area (Å²) in [5.74, 6) is 1.20. The van der Waals surface area contributed by atoms with Crippen LogP contribution in [0.3, 0.4) is 0 Å². The maximum Gasteiger partial charge on any atom is 0.175 e. The second-order valence-electron chi connectivity index (χ2n) is 6.54. The van der Waals surface area contributed by atoms with Crippen LogP contribution in [0.1, 0.15) is 22.3 Å². The number of ether oxygens (including phenoxy) is 2. The van der Waals surface area contributed by atoms with Crippen LogP contribution in [0, 0.1) is 13.8 Å². The Morgan fingerprint density at radius 3 is 2.59 bits per heavy atom. The fourth-order valence-electron chi connectivity index (χ4n) is 2.76. The van der Waals surface area contributed by atoms with Gasteiger partial charge < -0.3 is 9.47 Å². The molecule has 0 atom stereocenters. The van der Waals surface area contributed by atoms with Crippen LogP contribution in [-0.4, -0.2) is 13.3 Å². The third-order valence-electron chi connectivity index (χ3n) is 4.57. The first-order chi connectivity index (χ1) is 13.9. The predicted molar refractivity (Wildman–Crippen MR) is 125 cm³/mol. The molecule has 3 aromatic carbocycles. The largest absolute Gasteiger partial charge is 0.493 e. The first-order valence-electron chi connectivity index (χ1n) is 8.93. The molecule has 0 N–H and O–H groups in total. The lowest BCUT2D eigenvalue weighted by molar-refractivity contribution is 0.282. The lowest BCUT2D eigenvalue weighted by atomic mass is 10.1. The molecule has 3 nitrogen and oxygen atoms in total. The van der Waals surface area contributed by atoms with Crippen molar-refractivity contribution in [1.29, 1.82) is 0 Å². The van der Waals surface area contributed by atoms with Gasteiger partial charge in [-0.15, -0.1) is 0 Å². The molecular weight excluding hydrogens is 473 g/mol. The van der Waals surface area contributed by atoms with E-state index in [1.54, 1.807) is 19.2 Å². The summed E-state index contributed by atoms with van der Waals surface area (Å²) >= 11 is 15.8. The van der Waals surface area contributed by atoms with E-state index in [9.17, 15) is 0 Å². The molecule has 150 valence electrons. The minimum absolute atomic E-state index is 0.293. The molecule has 0 spiro atoms. The highest BCUT2D eigenvalue weighted by Crippen LogP contribution is 2.37. The van der Waals surface area contributed by atoms with E-state index < -0.39 is 0 Å². The number of benzene rings is 3. The molecule has 3 aromatic rings. The zero-order chi connectivity index (χ0) is 21.0. The third kappa shape index (κ3) is 5.33. The van der Waals surface area contributed by atoms with Crippen LogP contribution in [-0.2, 0) is 6.61 Å². The first kappa shape index (κ1) is 21.7. The Morgan fingerprint density at radius 2 is 1.86 bits per heavy atom. The molecule has 0 radical (unpaired) electrons. The number of aliphatic imine (C=N–C) groups is 1. The van der Waals surface area contributed by atoms with Crippen LogP contribution in [0.4, 0.5) is 5.69 Å². The minimum Gasteiger partial charge on any atom is -0.493 e. The van der Waals surface area contributed by atoms with Crippen molar-refractivity contribution in [3.8, 4) is 11.5 Å². The number of nitrogens with zero attached hydrogens (tertiary/aromatic N) is 1. The molecule has 0 aliphatic rings. The van der Waals surface area contributed by atoms with Gasteiger partial charge in [-0.3, -0.25) is 4.99 Å². The van der Waals surface area contributed by atoms with Crippen molar-refractivity contribution in [3.05, 3.63) is 85.3 Å². The van der Waals surface area contributed by atoms with Crippen molar-refractivity contribution in [1.82, 2.24) is 0 Å². The number of halogens is 3. The van der Waals surface area contributed by atoms with Gasteiger partial charge in [-0.1, -0.05) is 41.4 Å². The van der Waals surface area contributed by atoms with Crippen molar-refractivity contribution in [2.75, 3.05) is 7.11 Å². The van der Waals surface area contributed by atoms with E-state index >= 15 is 0 Å². The fourth-order valence-corrected chi connectivity index (χ4v) is 3.80. The molecule has 3 rings (SSSR count). The highest BCUT2D eigenvalue weighted by molar-refractivity contribution is 9.10. The summed E-state index contributed by atoms with van der Waals surface area (Å²) in [6.07, 6.45) is 1.81. The van der Waals surface area contributed by atoms with E-state index in [2.05, 4.69) is 40.8 Å². The number of hydrogen-bond acceptors (Lipinski definition) is 3. The van der Waals surface area contributed by atoms with Gasteiger partial charge in [0.2, 0.25) is 0 Å². The van der Waals surface area contributed by atoms with E-state index in [1.807, 2.05) is 36.5 Å². The van der Waals surface area contributed by atoms with E-state index in [0.29, 0.717) is 28.2 Å². The van der Waals surface area contributed by atoms with Gasteiger partial charge in [-0.2, -0.15) is 0 Å². The van der Waals surface area contributed by atoms with E-state index in [-0.39, 0.29) is 0 Å². The van der Waals surface area contributed by atoms with E-state index in [1.165, 1.54) is 5.56 Å². The van der Waals surface area contributed by atoms with Crippen LogP contribution >= 0.6 is 39.1 Å². The molecule has 0 unspecified atom stereocenters. The average molecular weight is 493 g/mol. The molecule has 0 aromatic heterocycles. The fraction of sp³-hybridized carbons (Fsp3) is 0.174. The molecular formula is C23H20BrCl2NO2. The van der Waals surface area contributed by atoms with E-state index in [4.69, 9.17) is 32.7 Å². The Balaban J connectivity index is 1.83. The van der Waals surface area contributed by atoms with Crippen molar-refractivity contribution in [2.45, 2.75) is 20.5 Å². The zero-order valence-electron chi connectivity index (χ0n) is 16.3. The molecule has 0 heterocycles. The van der Waals surface area contributed by atoms with Crippen molar-refractivity contribution in [2.24, 2.45) is 4.99 Å². The normalized spacial score (nSPS) is 11.1. The Hall–Kier alpha value is -2.01. The molecule has 0 saturated carbocycles. The van der Waals surface area contributed by atoms with Gasteiger partial charge >= 0.3 is 0 Å². The predicted octanol–water partition coefficient (Wildman–Crippen LogP) is 7.71. The summed E-state index contributed by atoms with van der Waals surface area (Å²) in [5, 5.41) is 1.15. The SMILES string of the molecule is COc1cc(C=Nc2cccc(C)c2C)cc(Br)c1OCc1ccc(Cl)cc1Cl. The van der Waals surface area contributed by atoms with Crippen LogP contribution in [0.2, 0.25) is 10.0 Å². The zero-order valence-corrected chi connectivity index (χ0v) is 19.4. The molecule has 0 amide bonds. The summed E-state index contributed by atoms with van der Waals surface area (Å²) in [7, 11) is 1.61. The van der Waals surface area contributed by atoms with Crippen LogP contribution < -0.4 is 9.47 Å². The number of aryl methyl sites for hydroxylation is 1. The Labute approximate surface area is 189 Å². The minimum atomic E-state index is 0.293. The van der Waals surface area contributed by atoms with Crippen molar-refractivity contribution < 1.29 is 9.47 Å². The Bertz CT molecular complexity index is 1070. The van der Waals surface area contributed by atoms with Gasteiger partial charge in [0, 0.05) is 21.8 Å². The molecule has 29 heavy (non-hydrogen) atoms. The summed E-state index contributed by atoms with van der Waals surface area (Å²) in [5.41, 5.74) is 5.05. The van der Waals surface area contributed by atoms with Crippen LogP contribution in [0.15, 0.2) is 58.0 Å². The van der Waals surface area contributed by atoms with Gasteiger partial charge in [-0.25, -0.2) is 0 Å². The molecule has 0 aliphatic heterocycles. The monoisotopic (exact) mass is 491 g/mol. The summed E-state index contributed by atoms with van der Waals surface area (Å²) in [4.78, 5) is 4.62. The summed E-state index contributed by atoms with van der Waals surface area (Å²) < 4.78 is 12.3. The smallest absolute Gasteiger partial charge is 0.175 e. The Morgan fingerprint density at radius 1 is 1.07 bits per heavy atom. The maximum absolute atomic E-state index is 6.23. The average Bonchev–Trinajstić information content (AvgIpc) is 2.69. The highest BCUT2D eigenvalue weighted by atomic mass is 79.9. The maximum atomic E-state index is 6.23. The quantitative estimate of drug-likeness (QED) is 0.330. The van der Waals surface area contributed by atoms with Gasteiger partial charge in [0.1, 0.15) is 6.61 Å². The lowest BCUT2D eigenvalue weighted by Crippen LogP contribution is -2.00. The number of hydrogen-bond donors (Lipinski definition) is 0. The van der Waals surface area contributed by atoms with Gasteiger partial charge in [0.25, 0.3) is 0 Å². The summed E-state index contributed by atoms with van der Waals surface area (Å²) in [6.45, 7) is 4.44. The first-order valence-corrected chi connectivity index (χ1v) is 10.5. The van der Waals surface area contributed by atoms with Crippen molar-refractivity contribution >= 4 is 51.0 Å². The van der Waals surface area contributed by atoms with Crippen LogP contribution in [0.5, 0.6) is 11.5 Å². The van der Waals surface area contributed by atoms with E-state index in [0.717, 1.165) is 26.9 Å². The number of methoxy groups -OCH3 is 1. The second-order valence-corrected chi connectivity index (χ2v) is 8.23. The van der Waals surface area contributed by atoms with Crippen molar-refractivity contribution in [3.63, 3.8) is 0 Å². The second kappa shape index (κ2) is 9.66.